The number of hydrogen-bond acceptors (Lipinski definition) is 5. The molecule has 3 rings (SSSR count). The van der Waals surface area contributed by atoms with Crippen molar-refractivity contribution in [3.05, 3.63) is 45.3 Å². The van der Waals surface area contributed by atoms with Crippen molar-refractivity contribution in [1.82, 2.24) is 14.5 Å². The largest absolute Gasteiger partial charge is 0.497 e. The average molecular weight is 528 g/mol. The Morgan fingerprint density at radius 1 is 1.11 bits per heavy atom. The highest BCUT2D eigenvalue weighted by atomic mass is 35.5. The predicted molar refractivity (Wildman–Crippen MR) is 151 cm³/mol. The molecule has 0 amide bonds. The highest BCUT2D eigenvalue weighted by Crippen LogP contribution is 2.41. The lowest BCUT2D eigenvalue weighted by molar-refractivity contribution is 0.415. The Balaban J connectivity index is 2.53. The summed E-state index contributed by atoms with van der Waals surface area (Å²) in [4.78, 5) is 23.0. The molecule has 1 aromatic carbocycles. The number of aryl methyl sites for hydroxylation is 1. The van der Waals surface area contributed by atoms with Gasteiger partial charge in [0.05, 0.1) is 18.1 Å². The number of benzene rings is 1. The van der Waals surface area contributed by atoms with Crippen molar-refractivity contribution in [2.24, 2.45) is 7.05 Å². The van der Waals surface area contributed by atoms with Gasteiger partial charge in [0.1, 0.15) is 19.5 Å². The summed E-state index contributed by atoms with van der Waals surface area (Å²) in [6.45, 7) is 13.6. The Hall–Kier alpha value is -2.27. The van der Waals surface area contributed by atoms with Crippen molar-refractivity contribution >= 4 is 42.5 Å². The summed E-state index contributed by atoms with van der Waals surface area (Å²) in [5, 5.41) is 1.81. The summed E-state index contributed by atoms with van der Waals surface area (Å²) >= 11 is 8.08. The van der Waals surface area contributed by atoms with E-state index in [2.05, 4.69) is 63.0 Å². The van der Waals surface area contributed by atoms with E-state index in [1.54, 1.807) is 43.1 Å². The molecule has 35 heavy (non-hydrogen) atoms. The Morgan fingerprint density at radius 2 is 1.74 bits per heavy atom. The maximum atomic E-state index is 13.8. The smallest absolute Gasteiger partial charge is 0.261 e. The zero-order valence-electron chi connectivity index (χ0n) is 22.0. The molecule has 0 aliphatic rings. The van der Waals surface area contributed by atoms with Crippen LogP contribution < -0.4 is 10.3 Å². The molecule has 0 saturated carbocycles. The van der Waals surface area contributed by atoms with Gasteiger partial charge in [0.25, 0.3) is 5.56 Å². The van der Waals surface area contributed by atoms with E-state index < -0.39 is 8.07 Å². The number of pyridine rings is 1. The van der Waals surface area contributed by atoms with Crippen molar-refractivity contribution in [2.45, 2.75) is 63.3 Å². The first kappa shape index (κ1) is 27.3. The molecule has 0 fully saturated rings. The molecule has 0 aliphatic heterocycles. The van der Waals surface area contributed by atoms with Gasteiger partial charge >= 0.3 is 0 Å². The summed E-state index contributed by atoms with van der Waals surface area (Å²) in [5.74, 6) is 4.14. The minimum absolute atomic E-state index is 0.200. The van der Waals surface area contributed by atoms with E-state index in [9.17, 15) is 4.79 Å². The van der Waals surface area contributed by atoms with Crippen LogP contribution in [-0.2, 0) is 7.05 Å². The monoisotopic (exact) mass is 527 g/mol. The molecule has 0 spiro atoms. The number of fused-ring (bicyclic) bond motifs is 1. The number of thioether (sulfide) groups is 1. The van der Waals surface area contributed by atoms with Crippen LogP contribution in [0.4, 0.5) is 0 Å². The standard InChI is InChI=1S/C27H34ClN3O2SSi/c1-16(2)35(17(3)4,18(5)6)13-12-20-22-15-29-27(34-9)30-25(22)31(7)26(32)24(20)21-14-19(33-8)10-11-23(21)28/h10-11,14-18H,1-9H3. The molecule has 0 radical (unpaired) electrons. The third-order valence-corrected chi connectivity index (χ3v) is 14.2. The molecule has 2 aromatic heterocycles. The second-order valence-electron chi connectivity index (χ2n) is 9.70. The molecule has 0 bridgehead atoms. The van der Waals surface area contributed by atoms with E-state index in [1.807, 2.05) is 6.26 Å². The average Bonchev–Trinajstić information content (AvgIpc) is 2.82. The summed E-state index contributed by atoms with van der Waals surface area (Å²) in [5.41, 5.74) is 7.18. The van der Waals surface area contributed by atoms with Gasteiger partial charge in [-0.1, -0.05) is 70.8 Å². The topological polar surface area (TPSA) is 57.0 Å². The van der Waals surface area contributed by atoms with Crippen LogP contribution in [0.1, 0.15) is 47.1 Å². The van der Waals surface area contributed by atoms with Crippen LogP contribution >= 0.6 is 23.4 Å². The van der Waals surface area contributed by atoms with Gasteiger partial charge in [-0.05, 0) is 41.1 Å². The van der Waals surface area contributed by atoms with Crippen LogP contribution in [0.2, 0.25) is 21.6 Å². The number of rotatable bonds is 6. The Bertz CT molecular complexity index is 1350. The first-order chi connectivity index (χ1) is 16.5. The summed E-state index contributed by atoms with van der Waals surface area (Å²) in [6.07, 6.45) is 3.69. The van der Waals surface area contributed by atoms with Crippen molar-refractivity contribution in [3.63, 3.8) is 0 Å². The number of nitrogens with zero attached hydrogens (tertiary/aromatic N) is 3. The van der Waals surface area contributed by atoms with Crippen LogP contribution in [0.5, 0.6) is 5.75 Å². The lowest BCUT2D eigenvalue weighted by Gasteiger charge is -2.38. The quantitative estimate of drug-likeness (QED) is 0.150. The first-order valence-corrected chi connectivity index (χ1v) is 15.6. The van der Waals surface area contributed by atoms with E-state index in [0.717, 1.165) is 5.39 Å². The third-order valence-electron chi connectivity index (χ3n) is 7.00. The number of methoxy groups -OCH3 is 1. The van der Waals surface area contributed by atoms with Crippen molar-refractivity contribution in [2.75, 3.05) is 13.4 Å². The van der Waals surface area contributed by atoms with Crippen molar-refractivity contribution in [1.29, 1.82) is 0 Å². The first-order valence-electron chi connectivity index (χ1n) is 11.8. The SMILES string of the molecule is COc1ccc(Cl)c(-c2c(C#C[Si](C(C)C)(C(C)C)C(C)C)c3cnc(SC)nc3n(C)c2=O)c1. The summed E-state index contributed by atoms with van der Waals surface area (Å²) in [6, 6.07) is 5.33. The molecule has 8 heteroatoms. The molecule has 5 nitrogen and oxygen atoms in total. The van der Waals surface area contributed by atoms with Gasteiger partial charge in [-0.3, -0.25) is 9.36 Å². The molecule has 3 aromatic rings. The van der Waals surface area contributed by atoms with E-state index in [4.69, 9.17) is 16.3 Å². The van der Waals surface area contributed by atoms with Crippen LogP contribution in [0.15, 0.2) is 34.3 Å². The van der Waals surface area contributed by atoms with Crippen LogP contribution in [0.3, 0.4) is 0 Å². The number of ether oxygens (including phenoxy) is 1. The van der Waals surface area contributed by atoms with Gasteiger partial charge in [0.2, 0.25) is 0 Å². The lowest BCUT2D eigenvalue weighted by atomic mass is 9.99. The van der Waals surface area contributed by atoms with Crippen molar-refractivity contribution < 1.29 is 4.74 Å². The zero-order chi connectivity index (χ0) is 26.1. The Labute approximate surface area is 218 Å². The summed E-state index contributed by atoms with van der Waals surface area (Å²) < 4.78 is 7.00. The number of hydrogen-bond donors (Lipinski definition) is 0. The molecule has 0 aliphatic carbocycles. The second-order valence-corrected chi connectivity index (χ2v) is 16.5. The van der Waals surface area contributed by atoms with Gasteiger partial charge in [-0.2, -0.15) is 0 Å². The number of aromatic nitrogens is 3. The second kappa shape index (κ2) is 10.8. The zero-order valence-corrected chi connectivity index (χ0v) is 24.6. The molecule has 0 unspecified atom stereocenters. The molecule has 0 N–H and O–H groups in total. The Morgan fingerprint density at radius 3 is 2.29 bits per heavy atom. The van der Waals surface area contributed by atoms with Gasteiger partial charge in [-0.15, -0.1) is 5.54 Å². The molecular weight excluding hydrogens is 494 g/mol. The van der Waals surface area contributed by atoms with Crippen molar-refractivity contribution in [3.8, 4) is 28.3 Å². The molecule has 0 saturated heterocycles. The van der Waals surface area contributed by atoms with E-state index in [1.165, 1.54) is 11.8 Å². The fourth-order valence-electron chi connectivity index (χ4n) is 5.20. The normalized spacial score (nSPS) is 11.9. The van der Waals surface area contributed by atoms with Gasteiger partial charge in [0, 0.05) is 29.4 Å². The van der Waals surface area contributed by atoms with Crippen LogP contribution in [0, 0.1) is 11.5 Å². The van der Waals surface area contributed by atoms with Gasteiger partial charge in [-0.25, -0.2) is 9.97 Å². The Kier molecular flexibility index (Phi) is 8.41. The van der Waals surface area contributed by atoms with Gasteiger partial charge in [0.15, 0.2) is 5.16 Å². The fraction of sp³-hybridized carbons (Fsp3) is 0.444. The lowest BCUT2D eigenvalue weighted by Crippen LogP contribution is -2.43. The van der Waals surface area contributed by atoms with Crippen LogP contribution in [-0.4, -0.2) is 36.0 Å². The van der Waals surface area contributed by atoms with E-state index in [0.29, 0.717) is 54.9 Å². The summed E-state index contributed by atoms with van der Waals surface area (Å²) in [7, 11) is 1.25. The number of halogens is 1. The molecule has 2 heterocycles. The molecule has 0 atom stereocenters. The highest BCUT2D eigenvalue weighted by molar-refractivity contribution is 7.98. The van der Waals surface area contributed by atoms with E-state index >= 15 is 0 Å². The maximum absolute atomic E-state index is 13.8. The minimum atomic E-state index is -2.07. The van der Waals surface area contributed by atoms with E-state index in [-0.39, 0.29) is 5.56 Å². The molecular formula is C27H34ClN3O2SSi. The fourth-order valence-corrected chi connectivity index (χ4v) is 11.0. The minimum Gasteiger partial charge on any atom is -0.497 e. The maximum Gasteiger partial charge on any atom is 0.261 e. The third kappa shape index (κ3) is 4.89. The van der Waals surface area contributed by atoms with Gasteiger partial charge < -0.3 is 4.74 Å². The molecule has 186 valence electrons. The van der Waals surface area contributed by atoms with Crippen LogP contribution in [0.25, 0.3) is 22.2 Å². The highest BCUT2D eigenvalue weighted by Gasteiger charge is 2.41. The predicted octanol–water partition coefficient (Wildman–Crippen LogP) is 6.95.